The van der Waals surface area contributed by atoms with Crippen LogP contribution >= 0.6 is 11.6 Å². The molecule has 2 N–H and O–H groups in total. The number of rotatable bonds is 4. The van der Waals surface area contributed by atoms with Crippen LogP contribution in [0.2, 0.25) is 5.02 Å². The van der Waals surface area contributed by atoms with E-state index in [1.165, 1.54) is 6.20 Å². The molecule has 1 heterocycles. The fraction of sp³-hybridized carbons (Fsp3) is 0.200. The smallest absolute Gasteiger partial charge is 0.257 e. The lowest BCUT2D eigenvalue weighted by Gasteiger charge is -2.08. The van der Waals surface area contributed by atoms with E-state index in [0.717, 1.165) is 17.9 Å². The largest absolute Gasteiger partial charge is 0.370 e. The van der Waals surface area contributed by atoms with Gasteiger partial charge in [-0.2, -0.15) is 0 Å². The second kappa shape index (κ2) is 6.39. The zero-order valence-electron chi connectivity index (χ0n) is 11.4. The second-order valence-corrected chi connectivity index (χ2v) is 4.81. The maximum absolute atomic E-state index is 12.1. The molecule has 2 aromatic rings. The molecule has 104 valence electrons. The fourth-order valence-corrected chi connectivity index (χ4v) is 2.01. The Balaban J connectivity index is 2.11. The van der Waals surface area contributed by atoms with Gasteiger partial charge in [-0.3, -0.25) is 4.79 Å². The van der Waals surface area contributed by atoms with Crippen molar-refractivity contribution in [2.24, 2.45) is 0 Å². The highest BCUT2D eigenvalue weighted by Gasteiger charge is 2.09. The first-order valence-corrected chi connectivity index (χ1v) is 6.75. The van der Waals surface area contributed by atoms with Crippen molar-refractivity contribution in [3.8, 4) is 0 Å². The van der Waals surface area contributed by atoms with Crippen molar-refractivity contribution < 1.29 is 4.79 Å². The average molecular weight is 290 g/mol. The van der Waals surface area contributed by atoms with E-state index in [2.05, 4.69) is 15.6 Å². The summed E-state index contributed by atoms with van der Waals surface area (Å²) in [5.41, 5.74) is 2.13. The van der Waals surface area contributed by atoms with Crippen LogP contribution in [0.3, 0.4) is 0 Å². The van der Waals surface area contributed by atoms with Gasteiger partial charge >= 0.3 is 0 Å². The number of aromatic nitrogens is 1. The first-order chi connectivity index (χ1) is 9.60. The maximum Gasteiger partial charge on any atom is 0.257 e. The Bertz CT molecular complexity index is 611. The van der Waals surface area contributed by atoms with E-state index in [4.69, 9.17) is 11.6 Å². The second-order valence-electron chi connectivity index (χ2n) is 4.40. The van der Waals surface area contributed by atoms with Crippen molar-refractivity contribution in [2.75, 3.05) is 17.2 Å². The Kier molecular flexibility index (Phi) is 4.58. The van der Waals surface area contributed by atoms with Gasteiger partial charge in [0, 0.05) is 12.7 Å². The van der Waals surface area contributed by atoms with Gasteiger partial charge in [-0.25, -0.2) is 4.98 Å². The third-order valence-electron chi connectivity index (χ3n) is 2.76. The first-order valence-electron chi connectivity index (χ1n) is 6.37. The van der Waals surface area contributed by atoms with Crippen LogP contribution in [0.5, 0.6) is 0 Å². The molecule has 2 rings (SSSR count). The predicted molar refractivity (Wildman–Crippen MR) is 82.5 cm³/mol. The number of halogens is 1. The molecule has 4 nitrogen and oxygen atoms in total. The highest BCUT2D eigenvalue weighted by molar-refractivity contribution is 6.34. The SMILES string of the molecule is CCNc1ccc(C(=O)Nc2ccc(C)cc2Cl)cn1. The highest BCUT2D eigenvalue weighted by atomic mass is 35.5. The van der Waals surface area contributed by atoms with Crippen molar-refractivity contribution >= 4 is 29.0 Å². The molecule has 20 heavy (non-hydrogen) atoms. The molecule has 0 aliphatic rings. The molecule has 0 saturated carbocycles. The van der Waals surface area contributed by atoms with Gasteiger partial charge in [-0.1, -0.05) is 17.7 Å². The zero-order valence-corrected chi connectivity index (χ0v) is 12.2. The molecule has 0 atom stereocenters. The molecule has 1 aromatic heterocycles. The maximum atomic E-state index is 12.1. The summed E-state index contributed by atoms with van der Waals surface area (Å²) >= 11 is 6.09. The Morgan fingerprint density at radius 1 is 1.30 bits per heavy atom. The number of nitrogens with one attached hydrogen (secondary N) is 2. The number of anilines is 2. The number of carbonyl (C=O) groups is 1. The molecule has 1 amide bonds. The summed E-state index contributed by atoms with van der Waals surface area (Å²) in [5, 5.41) is 6.37. The average Bonchev–Trinajstić information content (AvgIpc) is 2.43. The predicted octanol–water partition coefficient (Wildman–Crippen LogP) is 3.73. The summed E-state index contributed by atoms with van der Waals surface area (Å²) < 4.78 is 0. The number of hydrogen-bond donors (Lipinski definition) is 2. The lowest BCUT2D eigenvalue weighted by atomic mass is 10.2. The quantitative estimate of drug-likeness (QED) is 0.902. The summed E-state index contributed by atoms with van der Waals surface area (Å²) in [5.74, 6) is 0.517. The van der Waals surface area contributed by atoms with Gasteiger partial charge in [0.05, 0.1) is 16.3 Å². The monoisotopic (exact) mass is 289 g/mol. The van der Waals surface area contributed by atoms with Crippen molar-refractivity contribution in [1.82, 2.24) is 4.98 Å². The summed E-state index contributed by atoms with van der Waals surface area (Å²) in [7, 11) is 0. The Morgan fingerprint density at radius 2 is 2.10 bits per heavy atom. The number of aryl methyl sites for hydroxylation is 1. The molecule has 5 heteroatoms. The Morgan fingerprint density at radius 3 is 2.70 bits per heavy atom. The van der Waals surface area contributed by atoms with Crippen LogP contribution in [0.4, 0.5) is 11.5 Å². The van der Waals surface area contributed by atoms with Crippen LogP contribution < -0.4 is 10.6 Å². The van der Waals surface area contributed by atoms with Gasteiger partial charge < -0.3 is 10.6 Å². The molecule has 0 aliphatic heterocycles. The third kappa shape index (κ3) is 3.48. The third-order valence-corrected chi connectivity index (χ3v) is 3.07. The number of pyridine rings is 1. The molecule has 0 fully saturated rings. The van der Waals surface area contributed by atoms with Gasteiger partial charge in [0.2, 0.25) is 0 Å². The summed E-state index contributed by atoms with van der Waals surface area (Å²) in [4.78, 5) is 16.3. The number of carbonyl (C=O) groups excluding carboxylic acids is 1. The fourth-order valence-electron chi connectivity index (χ4n) is 1.73. The standard InChI is InChI=1S/C15H16ClN3O/c1-3-17-14-7-5-11(9-18-14)15(20)19-13-6-4-10(2)8-12(13)16/h4-9H,3H2,1-2H3,(H,17,18)(H,19,20). The molecular weight excluding hydrogens is 274 g/mol. The van der Waals surface area contributed by atoms with E-state index in [1.807, 2.05) is 26.0 Å². The van der Waals surface area contributed by atoms with E-state index in [0.29, 0.717) is 16.3 Å². The molecular formula is C15H16ClN3O. The minimum absolute atomic E-state index is 0.230. The van der Waals surface area contributed by atoms with E-state index in [9.17, 15) is 4.79 Å². The highest BCUT2D eigenvalue weighted by Crippen LogP contribution is 2.23. The van der Waals surface area contributed by atoms with Crippen LogP contribution in [0.15, 0.2) is 36.5 Å². The summed E-state index contributed by atoms with van der Waals surface area (Å²) in [6.45, 7) is 4.72. The molecule has 1 aromatic carbocycles. The zero-order chi connectivity index (χ0) is 14.5. The lowest BCUT2D eigenvalue weighted by molar-refractivity contribution is 0.102. The normalized spacial score (nSPS) is 10.2. The molecule has 0 unspecified atom stereocenters. The van der Waals surface area contributed by atoms with Gasteiger partial charge in [0.1, 0.15) is 5.82 Å². The van der Waals surface area contributed by atoms with Gasteiger partial charge in [0.25, 0.3) is 5.91 Å². The van der Waals surface area contributed by atoms with E-state index >= 15 is 0 Å². The number of benzene rings is 1. The molecule has 0 saturated heterocycles. The van der Waals surface area contributed by atoms with Crippen molar-refractivity contribution in [2.45, 2.75) is 13.8 Å². The van der Waals surface area contributed by atoms with Gasteiger partial charge in [-0.05, 0) is 43.7 Å². The molecule has 0 aliphatic carbocycles. The van der Waals surface area contributed by atoms with Gasteiger partial charge in [-0.15, -0.1) is 0 Å². The molecule has 0 radical (unpaired) electrons. The molecule has 0 bridgehead atoms. The van der Waals surface area contributed by atoms with E-state index in [-0.39, 0.29) is 5.91 Å². The van der Waals surface area contributed by atoms with Crippen molar-refractivity contribution in [1.29, 1.82) is 0 Å². The van der Waals surface area contributed by atoms with Crippen LogP contribution in [0.1, 0.15) is 22.8 Å². The minimum Gasteiger partial charge on any atom is -0.370 e. The Labute approximate surface area is 123 Å². The number of nitrogens with zero attached hydrogens (tertiary/aromatic N) is 1. The minimum atomic E-state index is -0.230. The summed E-state index contributed by atoms with van der Waals surface area (Å²) in [6.07, 6.45) is 1.54. The topological polar surface area (TPSA) is 54.0 Å². The lowest BCUT2D eigenvalue weighted by Crippen LogP contribution is -2.13. The first kappa shape index (κ1) is 14.3. The van der Waals surface area contributed by atoms with Crippen molar-refractivity contribution in [3.05, 3.63) is 52.7 Å². The van der Waals surface area contributed by atoms with E-state index < -0.39 is 0 Å². The van der Waals surface area contributed by atoms with E-state index in [1.54, 1.807) is 18.2 Å². The number of hydrogen-bond acceptors (Lipinski definition) is 3. The summed E-state index contributed by atoms with van der Waals surface area (Å²) in [6, 6.07) is 8.99. The Hall–Kier alpha value is -2.07. The number of amides is 1. The molecule has 0 spiro atoms. The van der Waals surface area contributed by atoms with Crippen LogP contribution in [0, 0.1) is 6.92 Å². The van der Waals surface area contributed by atoms with Crippen LogP contribution in [-0.4, -0.2) is 17.4 Å². The van der Waals surface area contributed by atoms with Crippen LogP contribution in [0.25, 0.3) is 0 Å². The van der Waals surface area contributed by atoms with Crippen LogP contribution in [-0.2, 0) is 0 Å². The van der Waals surface area contributed by atoms with Gasteiger partial charge in [0.15, 0.2) is 0 Å². The van der Waals surface area contributed by atoms with Crippen molar-refractivity contribution in [3.63, 3.8) is 0 Å².